The van der Waals surface area contributed by atoms with Gasteiger partial charge in [-0.05, 0) is 0 Å². The molecule has 0 unspecified atom stereocenters. The normalized spacial score (nSPS) is 7.09. The predicted molar refractivity (Wildman–Crippen MR) is 26.6 cm³/mol. The minimum atomic E-state index is -2.86. The van der Waals surface area contributed by atoms with Crippen LogP contribution < -0.4 is 51.4 Å². The summed E-state index contributed by atoms with van der Waals surface area (Å²) in [5, 5.41) is 14.8. The van der Waals surface area contributed by atoms with Gasteiger partial charge in [-0.15, -0.1) is 0 Å². The van der Waals surface area contributed by atoms with Gasteiger partial charge >= 0.3 is 63.3 Å². The van der Waals surface area contributed by atoms with Crippen LogP contribution in [0.1, 0.15) is 0 Å². The van der Waals surface area contributed by atoms with Crippen LogP contribution in [-0.2, 0) is 29.0 Å². The van der Waals surface area contributed by atoms with Gasteiger partial charge in [-0.25, -0.2) is 9.59 Å². The Hall–Kier alpha value is 0.486. The Morgan fingerprint density at radius 1 is 1.00 bits per heavy atom. The third-order valence-corrected chi connectivity index (χ3v) is 0.183. The molecule has 0 bridgehead atoms. The summed E-state index contributed by atoms with van der Waals surface area (Å²) in [4.78, 5) is 18.2. The average Bonchev–Trinajstić information content (AvgIpc) is 1.63. The maximum atomic E-state index is 9.10. The van der Waals surface area contributed by atoms with E-state index >= 15 is 0 Å². The molecule has 0 fully saturated rings. The summed E-state index contributed by atoms with van der Waals surface area (Å²) in [5.74, 6) is -3.65. The first kappa shape index (κ1) is 17.5. The SMILES string of the molecule is O=C(O)C(=O)O.O=[S-](=O)O.[K+]. The molecule has 0 aliphatic rings. The van der Waals surface area contributed by atoms with E-state index in [1.807, 2.05) is 0 Å². The zero-order chi connectivity index (χ0) is 8.73. The first-order chi connectivity index (χ1) is 4.37. The van der Waals surface area contributed by atoms with Crippen LogP contribution in [0.15, 0.2) is 0 Å². The summed E-state index contributed by atoms with van der Waals surface area (Å²) in [6.07, 6.45) is 0. The van der Waals surface area contributed by atoms with Gasteiger partial charge in [0.25, 0.3) is 0 Å². The molecule has 0 saturated heterocycles. The quantitative estimate of drug-likeness (QED) is 0.122. The van der Waals surface area contributed by atoms with Gasteiger partial charge in [0.2, 0.25) is 0 Å². The number of carbonyl (C=O) groups is 2. The topological polar surface area (TPSA) is 129 Å². The van der Waals surface area contributed by atoms with Crippen LogP contribution in [0.2, 0.25) is 0 Å². The summed E-state index contributed by atoms with van der Waals surface area (Å²) in [6.45, 7) is 0. The Morgan fingerprint density at radius 3 is 1.09 bits per heavy atom. The van der Waals surface area contributed by atoms with Crippen molar-refractivity contribution in [3.8, 4) is 0 Å². The molecule has 0 aromatic carbocycles. The van der Waals surface area contributed by atoms with Gasteiger partial charge in [0.05, 0.1) is 0 Å². The van der Waals surface area contributed by atoms with Crippen molar-refractivity contribution < 1.29 is 84.2 Å². The monoisotopic (exact) mass is 210 g/mol. The molecule has 0 amide bonds. The zero-order valence-corrected chi connectivity index (χ0v) is 9.32. The molecular weight excluding hydrogens is 207 g/mol. The summed E-state index contributed by atoms with van der Waals surface area (Å²) < 4.78 is 24.1. The van der Waals surface area contributed by atoms with Gasteiger partial charge in [0, 0.05) is 11.0 Å². The van der Waals surface area contributed by atoms with Gasteiger partial charge in [-0.1, -0.05) is 0 Å². The molecule has 0 spiro atoms. The van der Waals surface area contributed by atoms with E-state index in [1.54, 1.807) is 0 Å². The van der Waals surface area contributed by atoms with Gasteiger partial charge in [-0.3, -0.25) is 0 Å². The molecule has 9 heteroatoms. The van der Waals surface area contributed by atoms with Crippen molar-refractivity contribution in [2.75, 3.05) is 0 Å². The van der Waals surface area contributed by atoms with E-state index in [4.69, 9.17) is 32.8 Å². The fourth-order valence-corrected chi connectivity index (χ4v) is 0. The Bertz CT molecular complexity index is 175. The minimum absolute atomic E-state index is 0. The molecule has 0 rings (SSSR count). The van der Waals surface area contributed by atoms with E-state index in [9.17, 15) is 0 Å². The third kappa shape index (κ3) is 37.5. The molecule has 3 N–H and O–H groups in total. The molecule has 0 aliphatic heterocycles. The molecule has 0 aromatic heterocycles. The second-order valence-corrected chi connectivity index (χ2v) is 1.26. The van der Waals surface area contributed by atoms with Crippen molar-refractivity contribution in [2.45, 2.75) is 0 Å². The Balaban J connectivity index is -0.000000114. The van der Waals surface area contributed by atoms with Crippen molar-refractivity contribution in [1.29, 1.82) is 0 Å². The number of aliphatic carboxylic acids is 2. The minimum Gasteiger partial charge on any atom is -0.473 e. The van der Waals surface area contributed by atoms with Crippen LogP contribution in [0.3, 0.4) is 0 Å². The molecule has 7 nitrogen and oxygen atoms in total. The first-order valence-corrected chi connectivity index (χ1v) is 2.65. The molecule has 0 aliphatic carbocycles. The van der Waals surface area contributed by atoms with Gasteiger partial charge in [0.1, 0.15) is 0 Å². The van der Waals surface area contributed by atoms with Gasteiger partial charge in [0.15, 0.2) is 0 Å². The molecule has 0 saturated carbocycles. The Labute approximate surface area is 106 Å². The number of carboxylic acids is 2. The summed E-state index contributed by atoms with van der Waals surface area (Å²) >= 11 is 0. The molecule has 0 atom stereocenters. The van der Waals surface area contributed by atoms with Crippen LogP contribution in [0, 0.1) is 0 Å². The van der Waals surface area contributed by atoms with E-state index in [-0.39, 0.29) is 51.4 Å². The smallest absolute Gasteiger partial charge is 0.473 e. The Morgan fingerprint density at radius 2 is 1.09 bits per heavy atom. The molecule has 11 heavy (non-hydrogen) atoms. The maximum Gasteiger partial charge on any atom is 1.00 e. The van der Waals surface area contributed by atoms with Crippen LogP contribution in [0.4, 0.5) is 0 Å². The van der Waals surface area contributed by atoms with Crippen LogP contribution in [-0.4, -0.2) is 26.7 Å². The van der Waals surface area contributed by atoms with Crippen molar-refractivity contribution in [3.63, 3.8) is 0 Å². The van der Waals surface area contributed by atoms with E-state index in [1.165, 1.54) is 0 Å². The maximum absolute atomic E-state index is 9.10. The first-order valence-electron chi connectivity index (χ1n) is 1.62. The number of hydrogen-bond acceptors (Lipinski definition) is 5. The fourth-order valence-electron chi connectivity index (χ4n) is 0. The molecule has 60 valence electrons. The standard InChI is InChI=1S/C2H2O4.K.HO3S/c3-1(4)2(5)6;;1-4(2)3/h(H,3,4)(H,5,6);;(H,1,2,3)/q;+1;-1. The summed E-state index contributed by atoms with van der Waals surface area (Å²) in [5.41, 5.74) is 0. The van der Waals surface area contributed by atoms with Crippen molar-refractivity contribution >= 4 is 22.9 Å². The average molecular weight is 210 g/mol. The van der Waals surface area contributed by atoms with Crippen LogP contribution >= 0.6 is 0 Å². The molecule has 0 heterocycles. The molecule has 0 radical (unpaired) electrons. The van der Waals surface area contributed by atoms with Gasteiger partial charge < -0.3 is 23.2 Å². The second kappa shape index (κ2) is 10.5. The van der Waals surface area contributed by atoms with E-state index in [0.717, 1.165) is 0 Å². The fraction of sp³-hybridized carbons (Fsp3) is 0. The third-order valence-electron chi connectivity index (χ3n) is 0.183. The van der Waals surface area contributed by atoms with Crippen molar-refractivity contribution in [2.24, 2.45) is 0 Å². The summed E-state index contributed by atoms with van der Waals surface area (Å²) in [7, 11) is -2.86. The zero-order valence-electron chi connectivity index (χ0n) is 5.38. The van der Waals surface area contributed by atoms with Crippen LogP contribution in [0.25, 0.3) is 0 Å². The molecule has 0 aromatic rings. The van der Waals surface area contributed by atoms with E-state index < -0.39 is 22.9 Å². The number of carboxylic acid groups (broad SMARTS) is 2. The molecular formula is C2H3KO7S. The van der Waals surface area contributed by atoms with Crippen molar-refractivity contribution in [1.82, 2.24) is 0 Å². The largest absolute Gasteiger partial charge is 1.00 e. The summed E-state index contributed by atoms with van der Waals surface area (Å²) in [6, 6.07) is 0. The predicted octanol–water partition coefficient (Wildman–Crippen LogP) is -4.07. The van der Waals surface area contributed by atoms with E-state index in [2.05, 4.69) is 0 Å². The van der Waals surface area contributed by atoms with Crippen LogP contribution in [0.5, 0.6) is 0 Å². The van der Waals surface area contributed by atoms with E-state index in [0.29, 0.717) is 0 Å². The number of rotatable bonds is 0. The number of hydrogen-bond donors (Lipinski definition) is 3. The second-order valence-electron chi connectivity index (χ2n) is 0.827. The van der Waals surface area contributed by atoms with Crippen molar-refractivity contribution in [3.05, 3.63) is 0 Å². The Kier molecular flexibility index (Phi) is 16.7. The van der Waals surface area contributed by atoms with Gasteiger partial charge in [-0.2, -0.15) is 0 Å².